The quantitative estimate of drug-likeness (QED) is 0.660. The molecule has 1 aromatic heterocycles. The highest BCUT2D eigenvalue weighted by Crippen LogP contribution is 2.22. The topological polar surface area (TPSA) is 21.1 Å². The highest BCUT2D eigenvalue weighted by Gasteiger charge is 2.25. The van der Waals surface area contributed by atoms with Crippen LogP contribution in [-0.2, 0) is 12.6 Å². The summed E-state index contributed by atoms with van der Waals surface area (Å²) in [4.78, 5) is 2.16. The maximum Gasteiger partial charge on any atom is 0.0821 e. The van der Waals surface area contributed by atoms with Crippen LogP contribution in [0.3, 0.4) is 0 Å². The average Bonchev–Trinajstić information content (AvgIpc) is 2.35. The van der Waals surface area contributed by atoms with Crippen molar-refractivity contribution < 1.29 is 0 Å². The van der Waals surface area contributed by atoms with Crippen LogP contribution >= 0.6 is 0 Å². The Hall–Kier alpha value is -0.830. The molecule has 0 saturated heterocycles. The van der Waals surface area contributed by atoms with E-state index < -0.39 is 0 Å². The maximum absolute atomic E-state index is 4.38. The van der Waals surface area contributed by atoms with Crippen LogP contribution in [0.25, 0.3) is 0 Å². The third-order valence-electron chi connectivity index (χ3n) is 2.46. The highest BCUT2D eigenvalue weighted by molar-refractivity contribution is 5.10. The molecule has 3 nitrogen and oxygen atoms in total. The summed E-state index contributed by atoms with van der Waals surface area (Å²) in [5, 5.41) is 4.38. The first-order valence-corrected chi connectivity index (χ1v) is 4.12. The van der Waals surface area contributed by atoms with Crippen molar-refractivity contribution in [2.45, 2.75) is 19.4 Å². The van der Waals surface area contributed by atoms with Crippen molar-refractivity contribution in [3.63, 3.8) is 0 Å². The summed E-state index contributed by atoms with van der Waals surface area (Å²) in [6.07, 6.45) is 1.97. The Kier molecular flexibility index (Phi) is 2.24. The first kappa shape index (κ1) is 9.26. The number of aryl methyl sites for hydroxylation is 1. The van der Waals surface area contributed by atoms with Crippen LogP contribution < -0.4 is 0 Å². The van der Waals surface area contributed by atoms with Gasteiger partial charge in [0, 0.05) is 13.2 Å². The molecule has 0 saturated carbocycles. The van der Waals surface area contributed by atoms with Crippen LogP contribution in [0, 0.1) is 0 Å². The summed E-state index contributed by atoms with van der Waals surface area (Å²) in [5.74, 6) is 0. The van der Waals surface area contributed by atoms with Gasteiger partial charge in [-0.2, -0.15) is 5.10 Å². The second-order valence-corrected chi connectivity index (χ2v) is 3.83. The Bertz CT molecular complexity index is 260. The Morgan fingerprint density at radius 1 is 1.42 bits per heavy atom. The van der Waals surface area contributed by atoms with Gasteiger partial charge in [0.15, 0.2) is 0 Å². The van der Waals surface area contributed by atoms with Crippen LogP contribution in [0.5, 0.6) is 0 Å². The number of rotatable bonds is 2. The third kappa shape index (κ3) is 1.50. The van der Waals surface area contributed by atoms with Gasteiger partial charge in [-0.3, -0.25) is 9.58 Å². The molecule has 0 radical (unpaired) electrons. The fourth-order valence-corrected chi connectivity index (χ4v) is 0.970. The fourth-order valence-electron chi connectivity index (χ4n) is 0.970. The minimum absolute atomic E-state index is 0.0151. The van der Waals surface area contributed by atoms with E-state index in [0.717, 1.165) is 5.69 Å². The van der Waals surface area contributed by atoms with Gasteiger partial charge < -0.3 is 0 Å². The number of hydrogen-bond acceptors (Lipinski definition) is 2. The van der Waals surface area contributed by atoms with E-state index in [1.165, 1.54) is 0 Å². The first-order chi connectivity index (χ1) is 5.44. The van der Waals surface area contributed by atoms with Crippen LogP contribution in [0.1, 0.15) is 19.5 Å². The standard InChI is InChI=1S/C9H17N3/c1-9(2,11(3)4)8-6-7-12(5)10-8/h6-7H,1-5H3. The van der Waals surface area contributed by atoms with Gasteiger partial charge in [0.2, 0.25) is 0 Å². The van der Waals surface area contributed by atoms with Crippen molar-refractivity contribution in [3.8, 4) is 0 Å². The van der Waals surface area contributed by atoms with Crippen molar-refractivity contribution in [3.05, 3.63) is 18.0 Å². The average molecular weight is 167 g/mol. The molecule has 68 valence electrons. The van der Waals surface area contributed by atoms with E-state index in [1.807, 2.05) is 17.9 Å². The number of aromatic nitrogens is 2. The number of nitrogens with zero attached hydrogens (tertiary/aromatic N) is 3. The largest absolute Gasteiger partial charge is 0.299 e. The van der Waals surface area contributed by atoms with Gasteiger partial charge in [-0.1, -0.05) is 0 Å². The molecule has 3 heteroatoms. The lowest BCUT2D eigenvalue weighted by Crippen LogP contribution is -2.35. The van der Waals surface area contributed by atoms with Gasteiger partial charge in [0.1, 0.15) is 0 Å². The zero-order chi connectivity index (χ0) is 9.35. The molecule has 0 aliphatic heterocycles. The van der Waals surface area contributed by atoms with Gasteiger partial charge in [0.05, 0.1) is 11.2 Å². The molecule has 0 fully saturated rings. The predicted molar refractivity (Wildman–Crippen MR) is 49.9 cm³/mol. The van der Waals surface area contributed by atoms with Gasteiger partial charge in [-0.25, -0.2) is 0 Å². The predicted octanol–water partition coefficient (Wildman–Crippen LogP) is 1.22. The molecule has 0 aliphatic carbocycles. The molecule has 0 bridgehead atoms. The second kappa shape index (κ2) is 2.90. The summed E-state index contributed by atoms with van der Waals surface area (Å²) < 4.78 is 1.83. The molecule has 0 aliphatic rings. The summed E-state index contributed by atoms with van der Waals surface area (Å²) in [6, 6.07) is 2.06. The Labute approximate surface area is 74.0 Å². The molecule has 12 heavy (non-hydrogen) atoms. The molecule has 0 amide bonds. The van der Waals surface area contributed by atoms with Gasteiger partial charge in [-0.05, 0) is 34.0 Å². The van der Waals surface area contributed by atoms with E-state index >= 15 is 0 Å². The molecule has 0 aromatic carbocycles. The maximum atomic E-state index is 4.38. The molecule has 1 aromatic rings. The van der Waals surface area contributed by atoms with Crippen LogP contribution in [0.4, 0.5) is 0 Å². The van der Waals surface area contributed by atoms with Crippen LogP contribution in [-0.4, -0.2) is 28.8 Å². The third-order valence-corrected chi connectivity index (χ3v) is 2.46. The molecule has 0 atom stereocenters. The minimum Gasteiger partial charge on any atom is -0.299 e. The van der Waals surface area contributed by atoms with Gasteiger partial charge in [0.25, 0.3) is 0 Å². The Morgan fingerprint density at radius 3 is 2.33 bits per heavy atom. The summed E-state index contributed by atoms with van der Waals surface area (Å²) in [5.41, 5.74) is 1.12. The highest BCUT2D eigenvalue weighted by atomic mass is 15.3. The van der Waals surface area contributed by atoms with E-state index in [0.29, 0.717) is 0 Å². The number of hydrogen-bond donors (Lipinski definition) is 0. The van der Waals surface area contributed by atoms with E-state index in [4.69, 9.17) is 0 Å². The molecular formula is C9H17N3. The SMILES string of the molecule is CN(C)C(C)(C)c1ccn(C)n1. The Balaban J connectivity index is 2.97. The lowest BCUT2D eigenvalue weighted by molar-refractivity contribution is 0.191. The van der Waals surface area contributed by atoms with Crippen molar-refractivity contribution in [2.75, 3.05) is 14.1 Å². The molecule has 0 unspecified atom stereocenters. The van der Waals surface area contributed by atoms with Crippen molar-refractivity contribution in [2.24, 2.45) is 7.05 Å². The summed E-state index contributed by atoms with van der Waals surface area (Å²) >= 11 is 0. The molecular weight excluding hydrogens is 150 g/mol. The monoisotopic (exact) mass is 167 g/mol. The molecule has 1 rings (SSSR count). The van der Waals surface area contributed by atoms with Crippen molar-refractivity contribution in [1.82, 2.24) is 14.7 Å². The lowest BCUT2D eigenvalue weighted by Gasteiger charge is -2.30. The van der Waals surface area contributed by atoms with Crippen molar-refractivity contribution in [1.29, 1.82) is 0 Å². The van der Waals surface area contributed by atoms with Crippen molar-refractivity contribution >= 4 is 0 Å². The Morgan fingerprint density at radius 2 is 2.00 bits per heavy atom. The fraction of sp³-hybridized carbons (Fsp3) is 0.667. The van der Waals surface area contributed by atoms with E-state index in [1.54, 1.807) is 0 Å². The molecule has 0 N–H and O–H groups in total. The lowest BCUT2D eigenvalue weighted by atomic mass is 10.00. The summed E-state index contributed by atoms with van der Waals surface area (Å²) in [7, 11) is 6.07. The molecule has 1 heterocycles. The summed E-state index contributed by atoms with van der Waals surface area (Å²) in [6.45, 7) is 4.32. The van der Waals surface area contributed by atoms with E-state index in [2.05, 4.69) is 44.0 Å². The zero-order valence-electron chi connectivity index (χ0n) is 8.50. The zero-order valence-corrected chi connectivity index (χ0v) is 8.50. The van der Waals surface area contributed by atoms with Crippen LogP contribution in [0.2, 0.25) is 0 Å². The van der Waals surface area contributed by atoms with Gasteiger partial charge in [-0.15, -0.1) is 0 Å². The van der Waals surface area contributed by atoms with E-state index in [9.17, 15) is 0 Å². The second-order valence-electron chi connectivity index (χ2n) is 3.83. The minimum atomic E-state index is 0.0151. The molecule has 0 spiro atoms. The first-order valence-electron chi connectivity index (χ1n) is 4.12. The van der Waals surface area contributed by atoms with Gasteiger partial charge >= 0.3 is 0 Å². The van der Waals surface area contributed by atoms with Crippen LogP contribution in [0.15, 0.2) is 12.3 Å². The normalized spacial score (nSPS) is 12.5. The smallest absolute Gasteiger partial charge is 0.0821 e. The van der Waals surface area contributed by atoms with E-state index in [-0.39, 0.29) is 5.54 Å².